The number of nitrogen functional groups attached to an aromatic ring is 1. The Bertz CT molecular complexity index is 536. The normalized spacial score (nSPS) is 15.6. The molecule has 0 atom stereocenters. The van der Waals surface area contributed by atoms with Gasteiger partial charge in [0.2, 0.25) is 0 Å². The predicted octanol–water partition coefficient (Wildman–Crippen LogP) is 0.780. The Morgan fingerprint density at radius 3 is 2.42 bits per heavy atom. The fourth-order valence-electron chi connectivity index (χ4n) is 2.29. The molecule has 0 amide bonds. The average molecular weight is 256 g/mol. The van der Waals surface area contributed by atoms with Crippen molar-refractivity contribution in [2.24, 2.45) is 0 Å². The van der Waals surface area contributed by atoms with Gasteiger partial charge in [0.15, 0.2) is 5.82 Å². The number of nitrogens with two attached hydrogens (primary N) is 1. The molecule has 19 heavy (non-hydrogen) atoms. The molecular weight excluding hydrogens is 240 g/mol. The zero-order valence-electron chi connectivity index (χ0n) is 10.6. The molecule has 0 radical (unpaired) electrons. The van der Waals surface area contributed by atoms with E-state index in [1.165, 1.54) is 0 Å². The Labute approximate surface area is 111 Å². The van der Waals surface area contributed by atoms with Crippen LogP contribution in [0.5, 0.6) is 0 Å². The molecule has 2 N–H and O–H groups in total. The number of anilines is 3. The number of hydrogen-bond acceptors (Lipinski definition) is 6. The molecular formula is C13H16N6. The lowest BCUT2D eigenvalue weighted by Crippen LogP contribution is -2.47. The highest BCUT2D eigenvalue weighted by Crippen LogP contribution is 2.21. The first-order valence-corrected chi connectivity index (χ1v) is 6.31. The second-order valence-electron chi connectivity index (χ2n) is 4.46. The number of hydrogen-bond donors (Lipinski definition) is 1. The van der Waals surface area contributed by atoms with Gasteiger partial charge in [0.25, 0.3) is 0 Å². The number of pyridine rings is 1. The van der Waals surface area contributed by atoms with Crippen molar-refractivity contribution < 1.29 is 0 Å². The van der Waals surface area contributed by atoms with Crippen molar-refractivity contribution in [1.82, 2.24) is 15.0 Å². The molecule has 1 saturated heterocycles. The van der Waals surface area contributed by atoms with Crippen LogP contribution in [0.3, 0.4) is 0 Å². The first kappa shape index (κ1) is 11.7. The van der Waals surface area contributed by atoms with Gasteiger partial charge in [-0.3, -0.25) is 0 Å². The van der Waals surface area contributed by atoms with Crippen LogP contribution in [-0.2, 0) is 0 Å². The topological polar surface area (TPSA) is 71.2 Å². The smallest absolute Gasteiger partial charge is 0.151 e. The molecule has 0 unspecified atom stereocenters. The minimum absolute atomic E-state index is 0.734. The molecule has 0 aromatic carbocycles. The summed E-state index contributed by atoms with van der Waals surface area (Å²) in [4.78, 5) is 17.0. The van der Waals surface area contributed by atoms with Gasteiger partial charge in [0, 0.05) is 38.6 Å². The van der Waals surface area contributed by atoms with Crippen molar-refractivity contribution in [3.63, 3.8) is 0 Å². The van der Waals surface area contributed by atoms with E-state index in [0.717, 1.165) is 43.5 Å². The molecule has 0 spiro atoms. The number of piperazine rings is 1. The summed E-state index contributed by atoms with van der Waals surface area (Å²) in [5.41, 5.74) is 6.69. The van der Waals surface area contributed by atoms with Crippen molar-refractivity contribution >= 4 is 17.3 Å². The summed E-state index contributed by atoms with van der Waals surface area (Å²) in [6.45, 7) is 3.61. The number of rotatable bonds is 2. The van der Waals surface area contributed by atoms with Crippen LogP contribution in [0.15, 0.2) is 36.9 Å². The quantitative estimate of drug-likeness (QED) is 0.856. The average Bonchev–Trinajstić information content (AvgIpc) is 2.49. The van der Waals surface area contributed by atoms with Crippen LogP contribution in [0.4, 0.5) is 17.3 Å². The van der Waals surface area contributed by atoms with Crippen LogP contribution < -0.4 is 15.5 Å². The number of aromatic nitrogens is 3. The Morgan fingerprint density at radius 2 is 1.74 bits per heavy atom. The summed E-state index contributed by atoms with van der Waals surface area (Å²) in [7, 11) is 0. The van der Waals surface area contributed by atoms with Gasteiger partial charge in [-0.25, -0.2) is 15.0 Å². The zero-order chi connectivity index (χ0) is 13.1. The van der Waals surface area contributed by atoms with E-state index in [2.05, 4.69) is 24.8 Å². The van der Waals surface area contributed by atoms with Gasteiger partial charge in [0.05, 0.1) is 5.69 Å². The number of nitrogens with zero attached hydrogens (tertiary/aromatic N) is 5. The van der Waals surface area contributed by atoms with Crippen LogP contribution >= 0.6 is 0 Å². The molecule has 3 heterocycles. The summed E-state index contributed by atoms with van der Waals surface area (Å²) in [5.74, 6) is 1.86. The van der Waals surface area contributed by atoms with E-state index in [0.29, 0.717) is 0 Å². The molecule has 6 nitrogen and oxygen atoms in total. The maximum absolute atomic E-state index is 5.96. The van der Waals surface area contributed by atoms with Gasteiger partial charge in [-0.05, 0) is 18.2 Å². The third-order valence-corrected chi connectivity index (χ3v) is 3.29. The van der Waals surface area contributed by atoms with Crippen molar-refractivity contribution in [2.45, 2.75) is 0 Å². The van der Waals surface area contributed by atoms with Crippen LogP contribution in [0.25, 0.3) is 0 Å². The van der Waals surface area contributed by atoms with E-state index >= 15 is 0 Å². The van der Waals surface area contributed by atoms with Crippen LogP contribution in [-0.4, -0.2) is 41.1 Å². The molecule has 0 saturated carbocycles. The standard InChI is InChI=1S/C13H16N6/c14-11-2-1-4-16-13(11)19-8-6-18(7-9-19)12-3-5-15-10-17-12/h1-5,10H,6-9,14H2. The van der Waals surface area contributed by atoms with Crippen LogP contribution in [0.1, 0.15) is 0 Å². The van der Waals surface area contributed by atoms with Gasteiger partial charge >= 0.3 is 0 Å². The van der Waals surface area contributed by atoms with E-state index in [4.69, 9.17) is 5.73 Å². The van der Waals surface area contributed by atoms with Gasteiger partial charge in [0.1, 0.15) is 12.1 Å². The fraction of sp³-hybridized carbons (Fsp3) is 0.308. The highest BCUT2D eigenvalue weighted by Gasteiger charge is 2.20. The molecule has 2 aromatic rings. The van der Waals surface area contributed by atoms with E-state index in [1.807, 2.05) is 18.2 Å². The summed E-state index contributed by atoms with van der Waals surface area (Å²) in [6.07, 6.45) is 5.13. The highest BCUT2D eigenvalue weighted by molar-refractivity contribution is 5.62. The first-order chi connectivity index (χ1) is 9.34. The Kier molecular flexibility index (Phi) is 3.14. The Balaban J connectivity index is 1.69. The third kappa shape index (κ3) is 2.42. The maximum atomic E-state index is 5.96. The van der Waals surface area contributed by atoms with E-state index in [1.54, 1.807) is 18.7 Å². The first-order valence-electron chi connectivity index (χ1n) is 6.31. The van der Waals surface area contributed by atoms with Crippen molar-refractivity contribution in [3.8, 4) is 0 Å². The minimum Gasteiger partial charge on any atom is -0.396 e. The lowest BCUT2D eigenvalue weighted by molar-refractivity contribution is 0.642. The van der Waals surface area contributed by atoms with E-state index in [-0.39, 0.29) is 0 Å². The van der Waals surface area contributed by atoms with Crippen molar-refractivity contribution in [3.05, 3.63) is 36.9 Å². The molecule has 1 aliphatic rings. The van der Waals surface area contributed by atoms with Gasteiger partial charge in [-0.2, -0.15) is 0 Å². The summed E-state index contributed by atoms with van der Waals surface area (Å²) < 4.78 is 0. The Hall–Kier alpha value is -2.37. The van der Waals surface area contributed by atoms with Gasteiger partial charge in [-0.1, -0.05) is 0 Å². The van der Waals surface area contributed by atoms with Gasteiger partial charge in [-0.15, -0.1) is 0 Å². The monoisotopic (exact) mass is 256 g/mol. The van der Waals surface area contributed by atoms with Crippen LogP contribution in [0, 0.1) is 0 Å². The molecule has 1 aliphatic heterocycles. The van der Waals surface area contributed by atoms with E-state index < -0.39 is 0 Å². The molecule has 6 heteroatoms. The fourth-order valence-corrected chi connectivity index (χ4v) is 2.29. The second-order valence-corrected chi connectivity index (χ2v) is 4.46. The van der Waals surface area contributed by atoms with Crippen LogP contribution in [0.2, 0.25) is 0 Å². The lowest BCUT2D eigenvalue weighted by atomic mass is 10.3. The second kappa shape index (κ2) is 5.09. The highest BCUT2D eigenvalue weighted by atomic mass is 15.3. The maximum Gasteiger partial charge on any atom is 0.151 e. The molecule has 3 rings (SSSR count). The lowest BCUT2D eigenvalue weighted by Gasteiger charge is -2.36. The van der Waals surface area contributed by atoms with Gasteiger partial charge < -0.3 is 15.5 Å². The summed E-state index contributed by atoms with van der Waals surface area (Å²) >= 11 is 0. The largest absolute Gasteiger partial charge is 0.396 e. The molecule has 2 aromatic heterocycles. The van der Waals surface area contributed by atoms with Crippen molar-refractivity contribution in [2.75, 3.05) is 41.7 Å². The Morgan fingerprint density at radius 1 is 0.947 bits per heavy atom. The molecule has 1 fully saturated rings. The van der Waals surface area contributed by atoms with E-state index in [9.17, 15) is 0 Å². The third-order valence-electron chi connectivity index (χ3n) is 3.29. The molecule has 0 bridgehead atoms. The summed E-state index contributed by atoms with van der Waals surface area (Å²) in [6, 6.07) is 5.68. The SMILES string of the molecule is Nc1cccnc1N1CCN(c2ccncn2)CC1. The molecule has 0 aliphatic carbocycles. The van der Waals surface area contributed by atoms with Crippen molar-refractivity contribution in [1.29, 1.82) is 0 Å². The summed E-state index contributed by atoms with van der Waals surface area (Å²) in [5, 5.41) is 0. The minimum atomic E-state index is 0.734. The molecule has 98 valence electrons. The zero-order valence-corrected chi connectivity index (χ0v) is 10.6. The predicted molar refractivity (Wildman–Crippen MR) is 75.1 cm³/mol.